The molecule has 0 heterocycles. The van der Waals surface area contributed by atoms with Crippen LogP contribution < -0.4 is 0 Å². The van der Waals surface area contributed by atoms with Crippen molar-refractivity contribution in [3.05, 3.63) is 0 Å². The van der Waals surface area contributed by atoms with Crippen LogP contribution >= 0.6 is 0 Å². The standard InChI is InChI=1S/C12H21F3O/c1-8(2)10-5-3-9(4-6-10)7-11(16)12(13,14)15/h8-11,16H,3-7H2,1-2H3. The highest BCUT2D eigenvalue weighted by molar-refractivity contribution is 4.78. The van der Waals surface area contributed by atoms with E-state index in [1.54, 1.807) is 0 Å². The summed E-state index contributed by atoms with van der Waals surface area (Å²) >= 11 is 0. The van der Waals surface area contributed by atoms with Gasteiger partial charge in [-0.2, -0.15) is 13.2 Å². The fraction of sp³-hybridized carbons (Fsp3) is 1.00. The Balaban J connectivity index is 2.32. The van der Waals surface area contributed by atoms with Crippen LogP contribution in [0.3, 0.4) is 0 Å². The zero-order valence-electron chi connectivity index (χ0n) is 9.93. The molecule has 1 N–H and O–H groups in total. The molecule has 1 aliphatic rings. The van der Waals surface area contributed by atoms with Gasteiger partial charge < -0.3 is 5.11 Å². The molecule has 16 heavy (non-hydrogen) atoms. The summed E-state index contributed by atoms with van der Waals surface area (Å²) in [5.74, 6) is 1.32. The first-order chi connectivity index (χ1) is 7.30. The first-order valence-corrected chi connectivity index (χ1v) is 6.05. The molecule has 1 aliphatic carbocycles. The van der Waals surface area contributed by atoms with Crippen molar-refractivity contribution in [3.8, 4) is 0 Å². The monoisotopic (exact) mass is 238 g/mol. The highest BCUT2D eigenvalue weighted by atomic mass is 19.4. The van der Waals surface area contributed by atoms with E-state index in [4.69, 9.17) is 5.11 Å². The van der Waals surface area contributed by atoms with Crippen LogP contribution in [0, 0.1) is 17.8 Å². The van der Waals surface area contributed by atoms with Crippen molar-refractivity contribution < 1.29 is 18.3 Å². The van der Waals surface area contributed by atoms with Crippen molar-refractivity contribution in [2.24, 2.45) is 17.8 Å². The minimum atomic E-state index is -4.45. The van der Waals surface area contributed by atoms with Crippen LogP contribution in [0.25, 0.3) is 0 Å². The van der Waals surface area contributed by atoms with Gasteiger partial charge in [-0.15, -0.1) is 0 Å². The lowest BCUT2D eigenvalue weighted by Gasteiger charge is -2.32. The summed E-state index contributed by atoms with van der Waals surface area (Å²) in [7, 11) is 0. The Morgan fingerprint density at radius 1 is 1.12 bits per heavy atom. The molecular formula is C12H21F3O. The maximum atomic E-state index is 12.2. The predicted octanol–water partition coefficient (Wildman–Crippen LogP) is 3.76. The second-order valence-corrected chi connectivity index (χ2v) is 5.32. The minimum absolute atomic E-state index is 0.0478. The number of alkyl halides is 3. The number of hydrogen-bond acceptors (Lipinski definition) is 1. The Labute approximate surface area is 95.0 Å². The molecule has 0 aromatic heterocycles. The summed E-state index contributed by atoms with van der Waals surface area (Å²) in [6, 6.07) is 0. The topological polar surface area (TPSA) is 20.2 Å². The first-order valence-electron chi connectivity index (χ1n) is 6.05. The largest absolute Gasteiger partial charge is 0.414 e. The van der Waals surface area contributed by atoms with Gasteiger partial charge in [-0.05, 0) is 37.0 Å². The molecule has 0 aromatic rings. The number of aliphatic hydroxyl groups is 1. The van der Waals surface area contributed by atoms with Gasteiger partial charge in [-0.3, -0.25) is 0 Å². The molecule has 1 atom stereocenters. The quantitative estimate of drug-likeness (QED) is 0.793. The average Bonchev–Trinajstić information content (AvgIpc) is 2.17. The van der Waals surface area contributed by atoms with Gasteiger partial charge in [0.05, 0.1) is 0 Å². The second kappa shape index (κ2) is 5.39. The molecule has 0 radical (unpaired) electrons. The van der Waals surface area contributed by atoms with Crippen LogP contribution in [0.1, 0.15) is 46.0 Å². The summed E-state index contributed by atoms with van der Waals surface area (Å²) in [6.45, 7) is 4.32. The molecule has 0 aromatic carbocycles. The molecule has 1 nitrogen and oxygen atoms in total. The van der Waals surface area contributed by atoms with Crippen molar-refractivity contribution in [2.45, 2.75) is 58.2 Å². The number of rotatable bonds is 3. The highest BCUT2D eigenvalue weighted by Gasteiger charge is 2.39. The van der Waals surface area contributed by atoms with Gasteiger partial charge in [0, 0.05) is 0 Å². The minimum Gasteiger partial charge on any atom is -0.384 e. The van der Waals surface area contributed by atoms with Crippen molar-refractivity contribution in [1.29, 1.82) is 0 Å². The Morgan fingerprint density at radius 2 is 1.62 bits per heavy atom. The van der Waals surface area contributed by atoms with Crippen molar-refractivity contribution in [3.63, 3.8) is 0 Å². The Hall–Kier alpha value is -0.250. The van der Waals surface area contributed by atoms with Crippen molar-refractivity contribution in [1.82, 2.24) is 0 Å². The van der Waals surface area contributed by atoms with E-state index in [9.17, 15) is 13.2 Å². The fourth-order valence-corrected chi connectivity index (χ4v) is 2.54. The van der Waals surface area contributed by atoms with Gasteiger partial charge in [0.1, 0.15) is 6.10 Å². The van der Waals surface area contributed by atoms with Crippen LogP contribution in [0.15, 0.2) is 0 Å². The molecule has 4 heteroatoms. The first kappa shape index (κ1) is 13.8. The summed E-state index contributed by atoms with van der Waals surface area (Å²) in [6.07, 6.45) is -3.03. The van der Waals surface area contributed by atoms with E-state index in [0.717, 1.165) is 25.7 Å². The summed E-state index contributed by atoms with van der Waals surface area (Å²) in [5, 5.41) is 8.99. The van der Waals surface area contributed by atoms with Gasteiger partial charge in [0.15, 0.2) is 0 Å². The SMILES string of the molecule is CC(C)C1CCC(CC(O)C(F)(F)F)CC1. The van der Waals surface area contributed by atoms with Gasteiger partial charge in [-0.1, -0.05) is 26.7 Å². The maximum Gasteiger partial charge on any atom is 0.414 e. The van der Waals surface area contributed by atoms with E-state index in [0.29, 0.717) is 11.8 Å². The van der Waals surface area contributed by atoms with Gasteiger partial charge >= 0.3 is 6.18 Å². The molecule has 0 amide bonds. The van der Waals surface area contributed by atoms with E-state index in [1.807, 2.05) is 0 Å². The van der Waals surface area contributed by atoms with Crippen molar-refractivity contribution in [2.75, 3.05) is 0 Å². The summed E-state index contributed by atoms with van der Waals surface area (Å²) in [4.78, 5) is 0. The molecule has 0 bridgehead atoms. The molecule has 0 saturated heterocycles. The van der Waals surface area contributed by atoms with Gasteiger partial charge in [0.2, 0.25) is 0 Å². The molecule has 0 spiro atoms. The maximum absolute atomic E-state index is 12.2. The lowest BCUT2D eigenvalue weighted by Crippen LogP contribution is -2.32. The zero-order chi connectivity index (χ0) is 12.3. The van der Waals surface area contributed by atoms with E-state index in [2.05, 4.69) is 13.8 Å². The van der Waals surface area contributed by atoms with Crippen LogP contribution in [0.2, 0.25) is 0 Å². The average molecular weight is 238 g/mol. The van der Waals surface area contributed by atoms with Gasteiger partial charge in [0.25, 0.3) is 0 Å². The molecule has 1 unspecified atom stereocenters. The molecular weight excluding hydrogens is 217 g/mol. The third-order valence-corrected chi connectivity index (χ3v) is 3.77. The highest BCUT2D eigenvalue weighted by Crippen LogP contribution is 2.37. The molecule has 1 rings (SSSR count). The van der Waals surface area contributed by atoms with E-state index in [-0.39, 0.29) is 12.3 Å². The predicted molar refractivity (Wildman–Crippen MR) is 57.0 cm³/mol. The summed E-state index contributed by atoms with van der Waals surface area (Å²) < 4.78 is 36.5. The van der Waals surface area contributed by atoms with E-state index >= 15 is 0 Å². The van der Waals surface area contributed by atoms with Crippen molar-refractivity contribution >= 4 is 0 Å². The molecule has 1 saturated carbocycles. The molecule has 0 aliphatic heterocycles. The van der Waals surface area contributed by atoms with E-state index in [1.165, 1.54) is 0 Å². The molecule has 96 valence electrons. The third-order valence-electron chi connectivity index (χ3n) is 3.77. The number of halogens is 3. The lowest BCUT2D eigenvalue weighted by atomic mass is 9.75. The van der Waals surface area contributed by atoms with Crippen LogP contribution in [-0.2, 0) is 0 Å². The number of aliphatic hydroxyl groups excluding tert-OH is 1. The normalized spacial score (nSPS) is 29.4. The number of hydrogen-bond donors (Lipinski definition) is 1. The Kier molecular flexibility index (Phi) is 4.65. The molecule has 1 fully saturated rings. The van der Waals surface area contributed by atoms with Crippen LogP contribution in [0.5, 0.6) is 0 Å². The van der Waals surface area contributed by atoms with Crippen LogP contribution in [-0.4, -0.2) is 17.4 Å². The smallest absolute Gasteiger partial charge is 0.384 e. The van der Waals surface area contributed by atoms with Crippen LogP contribution in [0.4, 0.5) is 13.2 Å². The lowest BCUT2D eigenvalue weighted by molar-refractivity contribution is -0.209. The Morgan fingerprint density at radius 3 is 2.00 bits per heavy atom. The second-order valence-electron chi connectivity index (χ2n) is 5.32. The third kappa shape index (κ3) is 3.96. The summed E-state index contributed by atoms with van der Waals surface area (Å²) in [5.41, 5.74) is 0. The fourth-order valence-electron chi connectivity index (χ4n) is 2.54. The van der Waals surface area contributed by atoms with E-state index < -0.39 is 12.3 Å². The zero-order valence-corrected chi connectivity index (χ0v) is 9.93. The Bertz CT molecular complexity index is 205. The van der Waals surface area contributed by atoms with Gasteiger partial charge in [-0.25, -0.2) is 0 Å².